The van der Waals surface area contributed by atoms with E-state index >= 15 is 0 Å². The normalized spacial score (nSPS) is 18.4. The second-order valence-electron chi connectivity index (χ2n) is 6.42. The van der Waals surface area contributed by atoms with E-state index in [4.69, 9.17) is 4.74 Å². The van der Waals surface area contributed by atoms with Crippen LogP contribution in [0.25, 0.3) is 0 Å². The van der Waals surface area contributed by atoms with Crippen molar-refractivity contribution in [3.05, 3.63) is 29.3 Å². The van der Waals surface area contributed by atoms with Crippen molar-refractivity contribution in [3.8, 4) is 5.75 Å². The number of hydrogen-bond donors (Lipinski definition) is 0. The molecule has 0 saturated carbocycles. The molecule has 0 aliphatic carbocycles. The molecule has 1 heteroatoms. The first-order chi connectivity index (χ1) is 7.84. The van der Waals surface area contributed by atoms with Gasteiger partial charge in [-0.1, -0.05) is 32.9 Å². The largest absolute Gasteiger partial charge is 0.488 e. The molecule has 2 rings (SSSR count). The maximum atomic E-state index is 6.02. The Kier molecular flexibility index (Phi) is 2.97. The lowest BCUT2D eigenvalue weighted by molar-refractivity contribution is 0.0846. The minimum atomic E-state index is -0.00517. The van der Waals surface area contributed by atoms with Crippen LogP contribution >= 0.6 is 0 Å². The molecule has 1 aliphatic heterocycles. The van der Waals surface area contributed by atoms with Crippen LogP contribution in [0.5, 0.6) is 5.75 Å². The van der Waals surface area contributed by atoms with Crippen LogP contribution in [0.3, 0.4) is 0 Å². The van der Waals surface area contributed by atoms with Crippen LogP contribution in [-0.2, 0) is 11.8 Å². The fraction of sp³-hybridized carbons (Fsp3) is 0.625. The molecule has 1 nitrogen and oxygen atoms in total. The molecule has 94 valence electrons. The molecule has 1 aromatic carbocycles. The van der Waals surface area contributed by atoms with Gasteiger partial charge in [-0.05, 0) is 55.7 Å². The summed E-state index contributed by atoms with van der Waals surface area (Å²) in [6.45, 7) is 11.2. The second kappa shape index (κ2) is 4.04. The fourth-order valence-corrected chi connectivity index (χ4v) is 2.28. The van der Waals surface area contributed by atoms with Crippen molar-refractivity contribution >= 4 is 0 Å². The van der Waals surface area contributed by atoms with Gasteiger partial charge < -0.3 is 4.74 Å². The Morgan fingerprint density at radius 1 is 1.29 bits per heavy atom. The summed E-state index contributed by atoms with van der Waals surface area (Å²) >= 11 is 0. The summed E-state index contributed by atoms with van der Waals surface area (Å²) in [5, 5.41) is 0. The molecule has 0 N–H and O–H groups in total. The number of hydrogen-bond acceptors (Lipinski definition) is 1. The molecule has 1 aliphatic rings. The van der Waals surface area contributed by atoms with Crippen molar-refractivity contribution in [1.82, 2.24) is 0 Å². The predicted octanol–water partition coefficient (Wildman–Crippen LogP) is 4.48. The van der Waals surface area contributed by atoms with E-state index in [0.717, 1.165) is 25.0 Å². The Morgan fingerprint density at radius 3 is 2.65 bits per heavy atom. The molecule has 1 aromatic rings. The third-order valence-electron chi connectivity index (χ3n) is 4.11. The lowest BCUT2D eigenvalue weighted by atomic mass is 9.80. The SMILES string of the molecule is CCC(C)(C)c1ccc2c(c1)CCC(C)(C)O2. The molecule has 0 spiro atoms. The Labute approximate surface area is 105 Å². The number of aryl methyl sites for hydroxylation is 1. The summed E-state index contributed by atoms with van der Waals surface area (Å²) in [7, 11) is 0. The van der Waals surface area contributed by atoms with Crippen LogP contribution in [0.2, 0.25) is 0 Å². The van der Waals surface area contributed by atoms with Gasteiger partial charge in [-0.2, -0.15) is 0 Å². The predicted molar refractivity (Wildman–Crippen MR) is 72.8 cm³/mol. The van der Waals surface area contributed by atoms with Crippen molar-refractivity contribution in [2.45, 2.75) is 64.9 Å². The summed E-state index contributed by atoms with van der Waals surface area (Å²) in [4.78, 5) is 0. The number of ether oxygens (including phenoxy) is 1. The van der Waals surface area contributed by atoms with E-state index in [0.29, 0.717) is 0 Å². The molecule has 0 radical (unpaired) electrons. The minimum Gasteiger partial charge on any atom is -0.488 e. The van der Waals surface area contributed by atoms with E-state index < -0.39 is 0 Å². The lowest BCUT2D eigenvalue weighted by Crippen LogP contribution is -2.32. The van der Waals surface area contributed by atoms with Crippen LogP contribution in [0.15, 0.2) is 18.2 Å². The average molecular weight is 232 g/mol. The van der Waals surface area contributed by atoms with Gasteiger partial charge in [-0.3, -0.25) is 0 Å². The van der Waals surface area contributed by atoms with E-state index in [9.17, 15) is 0 Å². The van der Waals surface area contributed by atoms with Crippen molar-refractivity contribution in [2.75, 3.05) is 0 Å². The van der Waals surface area contributed by atoms with Gasteiger partial charge in [0.1, 0.15) is 11.4 Å². The summed E-state index contributed by atoms with van der Waals surface area (Å²) in [6, 6.07) is 6.72. The monoisotopic (exact) mass is 232 g/mol. The Bertz CT molecular complexity index is 416. The molecule has 0 amide bonds. The first kappa shape index (κ1) is 12.5. The van der Waals surface area contributed by atoms with Gasteiger partial charge in [0.15, 0.2) is 0 Å². The maximum absolute atomic E-state index is 6.02. The van der Waals surface area contributed by atoms with Gasteiger partial charge in [0.05, 0.1) is 0 Å². The van der Waals surface area contributed by atoms with Gasteiger partial charge in [0.2, 0.25) is 0 Å². The zero-order valence-corrected chi connectivity index (χ0v) is 11.8. The fourth-order valence-electron chi connectivity index (χ4n) is 2.28. The minimum absolute atomic E-state index is 0.00517. The highest BCUT2D eigenvalue weighted by Crippen LogP contribution is 2.36. The molecule has 0 bridgehead atoms. The van der Waals surface area contributed by atoms with Crippen molar-refractivity contribution in [3.63, 3.8) is 0 Å². The first-order valence-corrected chi connectivity index (χ1v) is 6.66. The number of benzene rings is 1. The lowest BCUT2D eigenvalue weighted by Gasteiger charge is -2.34. The van der Waals surface area contributed by atoms with Crippen LogP contribution in [0.1, 0.15) is 58.6 Å². The van der Waals surface area contributed by atoms with Gasteiger partial charge in [0.25, 0.3) is 0 Å². The molecular weight excluding hydrogens is 208 g/mol. The van der Waals surface area contributed by atoms with Crippen LogP contribution in [0.4, 0.5) is 0 Å². The molecule has 0 aromatic heterocycles. The second-order valence-corrected chi connectivity index (χ2v) is 6.42. The Balaban J connectivity index is 2.34. The maximum Gasteiger partial charge on any atom is 0.123 e. The quantitative estimate of drug-likeness (QED) is 0.730. The van der Waals surface area contributed by atoms with E-state index in [1.165, 1.54) is 11.1 Å². The van der Waals surface area contributed by atoms with Crippen LogP contribution in [-0.4, -0.2) is 5.60 Å². The van der Waals surface area contributed by atoms with E-state index in [1.54, 1.807) is 0 Å². The molecule has 1 heterocycles. The molecule has 0 unspecified atom stereocenters. The summed E-state index contributed by atoms with van der Waals surface area (Å²) in [5.74, 6) is 1.08. The zero-order chi connectivity index (χ0) is 12.7. The molecular formula is C16H24O. The smallest absolute Gasteiger partial charge is 0.123 e. The highest BCUT2D eigenvalue weighted by atomic mass is 16.5. The molecule has 17 heavy (non-hydrogen) atoms. The summed E-state index contributed by atoms with van der Waals surface area (Å²) < 4.78 is 6.02. The standard InChI is InChI=1S/C16H24O/c1-6-15(2,3)13-7-8-14-12(11-13)9-10-16(4,5)17-14/h7-8,11H,6,9-10H2,1-5H3. The third kappa shape index (κ3) is 2.48. The third-order valence-corrected chi connectivity index (χ3v) is 4.11. The van der Waals surface area contributed by atoms with Gasteiger partial charge in [0, 0.05) is 0 Å². The topological polar surface area (TPSA) is 9.23 Å². The van der Waals surface area contributed by atoms with Crippen LogP contribution in [0, 0.1) is 0 Å². The molecule has 0 atom stereocenters. The number of rotatable bonds is 2. The molecule has 0 saturated heterocycles. The Hall–Kier alpha value is -0.980. The first-order valence-electron chi connectivity index (χ1n) is 6.66. The van der Waals surface area contributed by atoms with E-state index in [2.05, 4.69) is 52.8 Å². The highest BCUT2D eigenvalue weighted by Gasteiger charge is 2.28. The van der Waals surface area contributed by atoms with Gasteiger partial charge in [-0.25, -0.2) is 0 Å². The van der Waals surface area contributed by atoms with Gasteiger partial charge >= 0.3 is 0 Å². The van der Waals surface area contributed by atoms with Gasteiger partial charge in [-0.15, -0.1) is 0 Å². The summed E-state index contributed by atoms with van der Waals surface area (Å²) in [5.41, 5.74) is 3.07. The number of fused-ring (bicyclic) bond motifs is 1. The van der Waals surface area contributed by atoms with Crippen LogP contribution < -0.4 is 4.74 Å². The average Bonchev–Trinajstić information content (AvgIpc) is 2.27. The van der Waals surface area contributed by atoms with E-state index in [1.807, 2.05) is 0 Å². The van der Waals surface area contributed by atoms with Crippen molar-refractivity contribution in [2.24, 2.45) is 0 Å². The molecule has 0 fully saturated rings. The van der Waals surface area contributed by atoms with Crippen molar-refractivity contribution in [1.29, 1.82) is 0 Å². The van der Waals surface area contributed by atoms with Crippen molar-refractivity contribution < 1.29 is 4.74 Å². The highest BCUT2D eigenvalue weighted by molar-refractivity contribution is 5.41. The Morgan fingerprint density at radius 2 is 2.00 bits per heavy atom. The van der Waals surface area contributed by atoms with E-state index in [-0.39, 0.29) is 11.0 Å². The zero-order valence-electron chi connectivity index (χ0n) is 11.8. The summed E-state index contributed by atoms with van der Waals surface area (Å²) in [6.07, 6.45) is 3.41.